The number of carbonyl (C=O) groups is 1. The van der Waals surface area contributed by atoms with E-state index in [1.54, 1.807) is 11.3 Å². The Morgan fingerprint density at radius 2 is 2.00 bits per heavy atom. The van der Waals surface area contributed by atoms with Crippen LogP contribution in [0.3, 0.4) is 0 Å². The zero-order chi connectivity index (χ0) is 16.4. The van der Waals surface area contributed by atoms with Gasteiger partial charge in [-0.2, -0.15) is 11.3 Å². The summed E-state index contributed by atoms with van der Waals surface area (Å²) in [5.74, 6) is 0.151. The van der Waals surface area contributed by atoms with E-state index in [9.17, 15) is 4.79 Å². The first-order chi connectivity index (χ1) is 11.8. The zero-order valence-electron chi connectivity index (χ0n) is 13.6. The lowest BCUT2D eigenvalue weighted by Gasteiger charge is -2.34. The van der Waals surface area contributed by atoms with Crippen LogP contribution in [-0.4, -0.2) is 53.4 Å². The quantitative estimate of drug-likeness (QED) is 0.793. The number of benzene rings is 1. The molecule has 124 valence electrons. The summed E-state index contributed by atoms with van der Waals surface area (Å²) in [7, 11) is 0. The lowest BCUT2D eigenvalue weighted by molar-refractivity contribution is 0.0640. The molecule has 0 saturated carbocycles. The molecule has 2 aromatic heterocycles. The predicted molar refractivity (Wildman–Crippen MR) is 98.7 cm³/mol. The second kappa shape index (κ2) is 6.79. The smallest absolute Gasteiger partial charge is 0.254 e. The molecule has 1 N–H and O–H groups in total. The van der Waals surface area contributed by atoms with E-state index in [1.165, 1.54) is 5.56 Å². The molecule has 4 nitrogen and oxygen atoms in total. The van der Waals surface area contributed by atoms with Gasteiger partial charge >= 0.3 is 0 Å². The summed E-state index contributed by atoms with van der Waals surface area (Å²) in [6, 6.07) is 10.1. The molecule has 3 heterocycles. The van der Waals surface area contributed by atoms with E-state index in [4.69, 9.17) is 0 Å². The van der Waals surface area contributed by atoms with Crippen molar-refractivity contribution in [3.05, 3.63) is 58.4 Å². The summed E-state index contributed by atoms with van der Waals surface area (Å²) >= 11 is 1.76. The Balaban J connectivity index is 1.37. The third kappa shape index (κ3) is 3.09. The van der Waals surface area contributed by atoms with Gasteiger partial charge in [0, 0.05) is 55.4 Å². The van der Waals surface area contributed by atoms with E-state index in [1.807, 2.05) is 35.4 Å². The van der Waals surface area contributed by atoms with Crippen molar-refractivity contribution in [2.75, 3.05) is 32.7 Å². The Morgan fingerprint density at radius 3 is 2.79 bits per heavy atom. The third-order valence-corrected chi connectivity index (χ3v) is 5.51. The molecule has 1 amide bonds. The summed E-state index contributed by atoms with van der Waals surface area (Å²) in [5, 5.41) is 5.37. The maximum Gasteiger partial charge on any atom is 0.254 e. The molecule has 0 unspecified atom stereocenters. The summed E-state index contributed by atoms with van der Waals surface area (Å²) in [6.45, 7) is 4.61. The maximum absolute atomic E-state index is 12.9. The maximum atomic E-state index is 12.9. The van der Waals surface area contributed by atoms with E-state index >= 15 is 0 Å². The fourth-order valence-corrected chi connectivity index (χ4v) is 4.04. The number of nitrogens with zero attached hydrogens (tertiary/aromatic N) is 2. The lowest BCUT2D eigenvalue weighted by Crippen LogP contribution is -2.49. The van der Waals surface area contributed by atoms with Crippen LogP contribution in [0.4, 0.5) is 0 Å². The van der Waals surface area contributed by atoms with Gasteiger partial charge in [-0.15, -0.1) is 0 Å². The van der Waals surface area contributed by atoms with E-state index in [0.717, 1.165) is 55.6 Å². The molecule has 1 aliphatic heterocycles. The number of fused-ring (bicyclic) bond motifs is 1. The fraction of sp³-hybridized carbons (Fsp3) is 0.316. The average Bonchev–Trinajstić information content (AvgIpc) is 3.31. The first-order valence-electron chi connectivity index (χ1n) is 8.40. The monoisotopic (exact) mass is 339 g/mol. The van der Waals surface area contributed by atoms with Crippen molar-refractivity contribution in [1.82, 2.24) is 14.8 Å². The number of nitrogens with one attached hydrogen (secondary N) is 1. The van der Waals surface area contributed by atoms with Gasteiger partial charge in [0.2, 0.25) is 0 Å². The summed E-state index contributed by atoms with van der Waals surface area (Å²) < 4.78 is 0. The highest BCUT2D eigenvalue weighted by atomic mass is 32.1. The van der Waals surface area contributed by atoms with Gasteiger partial charge in [0.15, 0.2) is 0 Å². The standard InChI is InChI=1S/C19H21N3OS/c23-19(17-2-1-3-18-16(17)4-7-20-18)22-11-9-21(10-12-22)8-5-15-6-13-24-14-15/h1-4,6-7,13-14,20H,5,8-12H2. The minimum absolute atomic E-state index is 0.151. The lowest BCUT2D eigenvalue weighted by atomic mass is 10.1. The van der Waals surface area contributed by atoms with E-state index in [2.05, 4.69) is 26.7 Å². The van der Waals surface area contributed by atoms with Crippen molar-refractivity contribution in [3.8, 4) is 0 Å². The largest absolute Gasteiger partial charge is 0.361 e. The number of thiophene rings is 1. The third-order valence-electron chi connectivity index (χ3n) is 4.78. The zero-order valence-corrected chi connectivity index (χ0v) is 14.4. The molecule has 1 aliphatic rings. The molecule has 0 bridgehead atoms. The van der Waals surface area contributed by atoms with Crippen LogP contribution in [0.5, 0.6) is 0 Å². The van der Waals surface area contributed by atoms with Gasteiger partial charge in [-0.25, -0.2) is 0 Å². The minimum atomic E-state index is 0.151. The van der Waals surface area contributed by atoms with Crippen LogP contribution in [0.2, 0.25) is 0 Å². The fourth-order valence-electron chi connectivity index (χ4n) is 3.34. The molecule has 0 atom stereocenters. The Bertz CT molecular complexity index is 816. The van der Waals surface area contributed by atoms with Gasteiger partial charge in [0.25, 0.3) is 5.91 Å². The first kappa shape index (κ1) is 15.4. The van der Waals surface area contributed by atoms with Crippen LogP contribution in [-0.2, 0) is 6.42 Å². The van der Waals surface area contributed by atoms with Crippen molar-refractivity contribution in [2.45, 2.75) is 6.42 Å². The second-order valence-electron chi connectivity index (χ2n) is 6.26. The molecule has 0 spiro atoms. The SMILES string of the molecule is O=C(c1cccc2[nH]ccc12)N1CCN(CCc2ccsc2)CC1. The van der Waals surface area contributed by atoms with Crippen LogP contribution in [0.1, 0.15) is 15.9 Å². The van der Waals surface area contributed by atoms with E-state index < -0.39 is 0 Å². The number of H-pyrrole nitrogens is 1. The Labute approximate surface area is 145 Å². The van der Waals surface area contributed by atoms with Crippen LogP contribution >= 0.6 is 11.3 Å². The Kier molecular flexibility index (Phi) is 4.36. The highest BCUT2D eigenvalue weighted by Gasteiger charge is 2.23. The van der Waals surface area contributed by atoms with Gasteiger partial charge < -0.3 is 9.88 Å². The van der Waals surface area contributed by atoms with Gasteiger partial charge in [-0.05, 0) is 47.0 Å². The van der Waals surface area contributed by atoms with Gasteiger partial charge in [-0.3, -0.25) is 9.69 Å². The van der Waals surface area contributed by atoms with Gasteiger partial charge in [0.1, 0.15) is 0 Å². The number of rotatable bonds is 4. The number of piperazine rings is 1. The highest BCUT2D eigenvalue weighted by molar-refractivity contribution is 7.07. The molecule has 0 aliphatic carbocycles. The van der Waals surface area contributed by atoms with Crippen LogP contribution in [0.25, 0.3) is 10.9 Å². The number of amides is 1. The number of hydrogen-bond donors (Lipinski definition) is 1. The molecule has 5 heteroatoms. The van der Waals surface area contributed by atoms with E-state index in [0.29, 0.717) is 0 Å². The normalized spacial score (nSPS) is 15.9. The van der Waals surface area contributed by atoms with Crippen molar-refractivity contribution >= 4 is 28.1 Å². The van der Waals surface area contributed by atoms with Crippen molar-refractivity contribution in [1.29, 1.82) is 0 Å². The molecule has 3 aromatic rings. The second-order valence-corrected chi connectivity index (χ2v) is 7.04. The summed E-state index contributed by atoms with van der Waals surface area (Å²) in [5.41, 5.74) is 3.24. The number of aromatic amines is 1. The number of aromatic nitrogens is 1. The topological polar surface area (TPSA) is 39.3 Å². The Hall–Kier alpha value is -2.11. The van der Waals surface area contributed by atoms with Crippen LogP contribution in [0, 0.1) is 0 Å². The number of carbonyl (C=O) groups excluding carboxylic acids is 1. The van der Waals surface area contributed by atoms with Crippen molar-refractivity contribution < 1.29 is 4.79 Å². The molecule has 1 aromatic carbocycles. The Morgan fingerprint density at radius 1 is 1.12 bits per heavy atom. The first-order valence-corrected chi connectivity index (χ1v) is 9.34. The van der Waals surface area contributed by atoms with Crippen molar-refractivity contribution in [3.63, 3.8) is 0 Å². The predicted octanol–water partition coefficient (Wildman–Crippen LogP) is 3.23. The summed E-state index contributed by atoms with van der Waals surface area (Å²) in [6.07, 6.45) is 2.99. The molecule has 4 rings (SSSR count). The highest BCUT2D eigenvalue weighted by Crippen LogP contribution is 2.20. The average molecular weight is 339 g/mol. The molecular formula is C19H21N3OS. The number of hydrogen-bond acceptors (Lipinski definition) is 3. The van der Waals surface area contributed by atoms with Gasteiger partial charge in [0.05, 0.1) is 0 Å². The summed E-state index contributed by atoms with van der Waals surface area (Å²) in [4.78, 5) is 20.5. The van der Waals surface area contributed by atoms with E-state index in [-0.39, 0.29) is 5.91 Å². The van der Waals surface area contributed by atoms with Crippen LogP contribution < -0.4 is 0 Å². The molecule has 1 saturated heterocycles. The minimum Gasteiger partial charge on any atom is -0.361 e. The van der Waals surface area contributed by atoms with Gasteiger partial charge in [-0.1, -0.05) is 6.07 Å². The molecular weight excluding hydrogens is 318 g/mol. The molecule has 24 heavy (non-hydrogen) atoms. The van der Waals surface area contributed by atoms with Crippen LogP contribution in [0.15, 0.2) is 47.3 Å². The molecule has 1 fully saturated rings. The molecule has 0 radical (unpaired) electrons. The van der Waals surface area contributed by atoms with Crippen molar-refractivity contribution in [2.24, 2.45) is 0 Å².